The molecule has 3 aromatic carbocycles. The molecule has 0 radical (unpaired) electrons. The van der Waals surface area contributed by atoms with Gasteiger partial charge in [0.05, 0.1) is 0 Å². The molecule has 0 amide bonds. The van der Waals surface area contributed by atoms with Gasteiger partial charge in [-0.1, -0.05) is 42.0 Å². The molecule has 128 valence electrons. The molecule has 2 nitrogen and oxygen atoms in total. The maximum Gasteiger partial charge on any atom is 0.123 e. The Kier molecular flexibility index (Phi) is 5.34. The van der Waals surface area contributed by atoms with E-state index in [0.29, 0.717) is 6.61 Å². The van der Waals surface area contributed by atoms with Crippen LogP contribution in [0.1, 0.15) is 22.3 Å². The zero-order valence-electron chi connectivity index (χ0n) is 14.6. The van der Waals surface area contributed by atoms with Gasteiger partial charge in [-0.15, -0.1) is 0 Å². The number of ether oxygens (including phenoxy) is 1. The third kappa shape index (κ3) is 4.83. The van der Waals surface area contributed by atoms with Crippen LogP contribution in [0.15, 0.2) is 66.7 Å². The Labute approximate surface area is 148 Å². The van der Waals surface area contributed by atoms with Crippen LogP contribution in [0, 0.1) is 19.7 Å². The predicted octanol–water partition coefficient (Wildman–Crippen LogP) is 5.63. The molecular weight excluding hydrogens is 313 g/mol. The summed E-state index contributed by atoms with van der Waals surface area (Å²) in [5.74, 6) is 0.536. The highest BCUT2D eigenvalue weighted by Crippen LogP contribution is 2.19. The number of halogens is 1. The first kappa shape index (κ1) is 17.0. The van der Waals surface area contributed by atoms with Crippen molar-refractivity contribution in [1.82, 2.24) is 0 Å². The smallest absolute Gasteiger partial charge is 0.123 e. The predicted molar refractivity (Wildman–Crippen MR) is 100 cm³/mol. The molecule has 3 aromatic rings. The standard InChI is InChI=1S/C22H22FNO/c1-16-6-11-22(17(2)12-16)24-14-18-7-9-21(10-8-18)25-15-19-4-3-5-20(23)13-19/h3-13,24H,14-15H2,1-2H3. The fourth-order valence-electron chi connectivity index (χ4n) is 2.71. The van der Waals surface area contributed by atoms with Crippen LogP contribution in [0.3, 0.4) is 0 Å². The quantitative estimate of drug-likeness (QED) is 0.630. The van der Waals surface area contributed by atoms with E-state index in [-0.39, 0.29) is 5.82 Å². The van der Waals surface area contributed by atoms with Crippen LogP contribution >= 0.6 is 0 Å². The first-order valence-electron chi connectivity index (χ1n) is 8.37. The summed E-state index contributed by atoms with van der Waals surface area (Å²) in [6, 6.07) is 20.8. The Morgan fingerprint density at radius 2 is 1.68 bits per heavy atom. The third-order valence-corrected chi connectivity index (χ3v) is 4.08. The van der Waals surface area contributed by atoms with Gasteiger partial charge < -0.3 is 10.1 Å². The third-order valence-electron chi connectivity index (χ3n) is 4.08. The van der Waals surface area contributed by atoms with Gasteiger partial charge in [-0.2, -0.15) is 0 Å². The minimum absolute atomic E-state index is 0.242. The molecule has 0 aliphatic carbocycles. The van der Waals surface area contributed by atoms with Crippen molar-refractivity contribution >= 4 is 5.69 Å². The highest BCUT2D eigenvalue weighted by molar-refractivity contribution is 5.52. The van der Waals surface area contributed by atoms with Crippen molar-refractivity contribution in [3.05, 3.63) is 94.8 Å². The molecule has 0 unspecified atom stereocenters. The van der Waals surface area contributed by atoms with Crippen LogP contribution in [0.25, 0.3) is 0 Å². The van der Waals surface area contributed by atoms with Crippen molar-refractivity contribution in [1.29, 1.82) is 0 Å². The minimum Gasteiger partial charge on any atom is -0.489 e. The number of rotatable bonds is 6. The number of anilines is 1. The molecule has 0 spiro atoms. The van der Waals surface area contributed by atoms with Crippen molar-refractivity contribution in [3.8, 4) is 5.75 Å². The van der Waals surface area contributed by atoms with Gasteiger partial charge in [0.15, 0.2) is 0 Å². The summed E-state index contributed by atoms with van der Waals surface area (Å²) in [5, 5.41) is 3.46. The Morgan fingerprint density at radius 1 is 0.880 bits per heavy atom. The van der Waals surface area contributed by atoms with E-state index in [1.165, 1.54) is 28.8 Å². The van der Waals surface area contributed by atoms with Gasteiger partial charge in [-0.05, 0) is 60.9 Å². The van der Waals surface area contributed by atoms with E-state index in [1.54, 1.807) is 6.07 Å². The van der Waals surface area contributed by atoms with Crippen molar-refractivity contribution in [3.63, 3.8) is 0 Å². The summed E-state index contributed by atoms with van der Waals surface area (Å²) in [6.07, 6.45) is 0. The molecule has 0 aliphatic heterocycles. The number of hydrogen-bond acceptors (Lipinski definition) is 2. The summed E-state index contributed by atoms with van der Waals surface area (Å²) < 4.78 is 18.9. The van der Waals surface area contributed by atoms with E-state index in [2.05, 4.69) is 37.4 Å². The molecular formula is C22H22FNO. The van der Waals surface area contributed by atoms with E-state index in [0.717, 1.165) is 23.5 Å². The van der Waals surface area contributed by atoms with Gasteiger partial charge in [-0.3, -0.25) is 0 Å². The summed E-state index contributed by atoms with van der Waals surface area (Å²) in [5.41, 5.74) is 5.66. The van der Waals surface area contributed by atoms with Crippen LogP contribution in [-0.4, -0.2) is 0 Å². The average Bonchev–Trinajstić information content (AvgIpc) is 2.60. The van der Waals surface area contributed by atoms with Crippen molar-refractivity contribution in [2.75, 3.05) is 5.32 Å². The first-order valence-corrected chi connectivity index (χ1v) is 8.37. The van der Waals surface area contributed by atoms with Gasteiger partial charge in [-0.25, -0.2) is 4.39 Å². The van der Waals surface area contributed by atoms with Crippen LogP contribution in [0.4, 0.5) is 10.1 Å². The monoisotopic (exact) mass is 335 g/mol. The molecule has 1 N–H and O–H groups in total. The lowest BCUT2D eigenvalue weighted by molar-refractivity contribution is 0.305. The largest absolute Gasteiger partial charge is 0.489 e. The van der Waals surface area contributed by atoms with Gasteiger partial charge in [0.2, 0.25) is 0 Å². The molecule has 3 rings (SSSR count). The number of nitrogens with one attached hydrogen (secondary N) is 1. The molecule has 0 saturated heterocycles. The Bertz CT molecular complexity index is 843. The van der Waals surface area contributed by atoms with Crippen LogP contribution in [-0.2, 0) is 13.2 Å². The number of aryl methyl sites for hydroxylation is 2. The lowest BCUT2D eigenvalue weighted by atomic mass is 10.1. The molecule has 3 heteroatoms. The molecule has 0 saturated carbocycles. The SMILES string of the molecule is Cc1ccc(NCc2ccc(OCc3cccc(F)c3)cc2)c(C)c1. The lowest BCUT2D eigenvalue weighted by Gasteiger charge is -2.11. The molecule has 0 aliphatic rings. The van der Waals surface area contributed by atoms with Crippen LogP contribution in [0.5, 0.6) is 5.75 Å². The summed E-state index contributed by atoms with van der Waals surface area (Å²) in [7, 11) is 0. The first-order chi connectivity index (χ1) is 12.1. The van der Waals surface area contributed by atoms with Crippen LogP contribution < -0.4 is 10.1 Å². The van der Waals surface area contributed by atoms with Crippen molar-refractivity contribution < 1.29 is 9.13 Å². The second-order valence-corrected chi connectivity index (χ2v) is 6.23. The maximum absolute atomic E-state index is 13.2. The minimum atomic E-state index is -0.242. The summed E-state index contributed by atoms with van der Waals surface area (Å²) in [4.78, 5) is 0. The fraction of sp³-hybridized carbons (Fsp3) is 0.182. The van der Waals surface area contributed by atoms with Gasteiger partial charge in [0, 0.05) is 12.2 Å². The molecule has 0 bridgehead atoms. The highest BCUT2D eigenvalue weighted by Gasteiger charge is 2.01. The fourth-order valence-corrected chi connectivity index (χ4v) is 2.71. The molecule has 25 heavy (non-hydrogen) atoms. The van der Waals surface area contributed by atoms with E-state index in [1.807, 2.05) is 30.3 Å². The lowest BCUT2D eigenvalue weighted by Crippen LogP contribution is -2.01. The Balaban J connectivity index is 1.55. The molecule has 0 aromatic heterocycles. The number of hydrogen-bond donors (Lipinski definition) is 1. The van der Waals surface area contributed by atoms with Gasteiger partial charge in [0.1, 0.15) is 18.2 Å². The highest BCUT2D eigenvalue weighted by atomic mass is 19.1. The molecule has 0 atom stereocenters. The van der Waals surface area contributed by atoms with E-state index in [4.69, 9.17) is 4.74 Å². The number of benzene rings is 3. The van der Waals surface area contributed by atoms with Crippen molar-refractivity contribution in [2.24, 2.45) is 0 Å². The van der Waals surface area contributed by atoms with Crippen molar-refractivity contribution in [2.45, 2.75) is 27.0 Å². The molecule has 0 fully saturated rings. The zero-order chi connectivity index (χ0) is 17.6. The normalized spacial score (nSPS) is 10.5. The topological polar surface area (TPSA) is 21.3 Å². The molecule has 0 heterocycles. The van der Waals surface area contributed by atoms with Gasteiger partial charge in [0.25, 0.3) is 0 Å². The summed E-state index contributed by atoms with van der Waals surface area (Å²) >= 11 is 0. The van der Waals surface area contributed by atoms with Crippen LogP contribution in [0.2, 0.25) is 0 Å². The Morgan fingerprint density at radius 3 is 2.40 bits per heavy atom. The average molecular weight is 335 g/mol. The summed E-state index contributed by atoms with van der Waals surface area (Å²) in [6.45, 7) is 5.32. The maximum atomic E-state index is 13.2. The Hall–Kier alpha value is -2.81. The second kappa shape index (κ2) is 7.84. The van der Waals surface area contributed by atoms with Gasteiger partial charge >= 0.3 is 0 Å². The van der Waals surface area contributed by atoms with E-state index < -0.39 is 0 Å². The zero-order valence-corrected chi connectivity index (χ0v) is 14.6. The second-order valence-electron chi connectivity index (χ2n) is 6.23. The van der Waals surface area contributed by atoms with E-state index in [9.17, 15) is 4.39 Å². The van der Waals surface area contributed by atoms with E-state index >= 15 is 0 Å².